The Bertz CT molecular complexity index is 703. The van der Waals surface area contributed by atoms with Crippen molar-refractivity contribution in [2.24, 2.45) is 10.7 Å². The van der Waals surface area contributed by atoms with Crippen LogP contribution in [0.25, 0.3) is 10.4 Å². The molecule has 2 N–H and O–H groups in total. The molecule has 1 atom stereocenters. The summed E-state index contributed by atoms with van der Waals surface area (Å²) in [6.45, 7) is 4.98. The molecule has 136 valence electrons. The van der Waals surface area contributed by atoms with Crippen molar-refractivity contribution < 1.29 is 9.47 Å². The van der Waals surface area contributed by atoms with E-state index in [1.165, 1.54) is 15.3 Å². The zero-order valence-electron chi connectivity index (χ0n) is 14.5. The SMILES string of the molecule is COc1ccc(-c2ccc(CN=C(N)N3CCOC(C)C3)s2)cc1.I. The molecule has 1 fully saturated rings. The maximum atomic E-state index is 6.12. The van der Waals surface area contributed by atoms with Crippen molar-refractivity contribution in [3.8, 4) is 16.2 Å². The van der Waals surface area contributed by atoms with Gasteiger partial charge in [-0.2, -0.15) is 0 Å². The standard InChI is InChI=1S/C18H23N3O2S.HI/c1-13-12-21(9-10-23-13)18(19)20-11-16-7-8-17(24-16)14-3-5-15(22-2)6-4-14;/h3-8,13H,9-12H2,1-2H3,(H2,19,20);1H. The Kier molecular flexibility index (Phi) is 7.52. The van der Waals surface area contributed by atoms with Crippen LogP contribution in [0.3, 0.4) is 0 Å². The number of nitrogens with zero attached hydrogens (tertiary/aromatic N) is 2. The first-order valence-corrected chi connectivity index (χ1v) is 8.87. The zero-order chi connectivity index (χ0) is 16.9. The van der Waals surface area contributed by atoms with Gasteiger partial charge in [0.05, 0.1) is 26.4 Å². The lowest BCUT2D eigenvalue weighted by Gasteiger charge is -2.31. The zero-order valence-corrected chi connectivity index (χ0v) is 17.6. The van der Waals surface area contributed by atoms with Crippen molar-refractivity contribution in [1.82, 2.24) is 4.90 Å². The number of aliphatic imine (C=N–C) groups is 1. The van der Waals surface area contributed by atoms with Gasteiger partial charge in [0.2, 0.25) is 0 Å². The third-order valence-corrected chi connectivity index (χ3v) is 5.12. The first-order valence-electron chi connectivity index (χ1n) is 8.05. The van der Waals surface area contributed by atoms with Gasteiger partial charge in [0.25, 0.3) is 0 Å². The lowest BCUT2D eigenvalue weighted by Crippen LogP contribution is -2.47. The van der Waals surface area contributed by atoms with Gasteiger partial charge in [0.1, 0.15) is 5.75 Å². The number of benzene rings is 1. The Morgan fingerprint density at radius 3 is 2.76 bits per heavy atom. The lowest BCUT2D eigenvalue weighted by molar-refractivity contribution is 0.00529. The largest absolute Gasteiger partial charge is 0.497 e. The molecule has 3 rings (SSSR count). The summed E-state index contributed by atoms with van der Waals surface area (Å²) in [6, 6.07) is 12.3. The van der Waals surface area contributed by atoms with Crippen LogP contribution in [0.15, 0.2) is 41.4 Å². The van der Waals surface area contributed by atoms with Crippen LogP contribution >= 0.6 is 35.3 Å². The highest BCUT2D eigenvalue weighted by atomic mass is 127. The molecule has 0 radical (unpaired) electrons. The number of guanidine groups is 1. The Morgan fingerprint density at radius 2 is 2.08 bits per heavy atom. The van der Waals surface area contributed by atoms with E-state index in [1.807, 2.05) is 12.1 Å². The van der Waals surface area contributed by atoms with Crippen LogP contribution in [0.4, 0.5) is 0 Å². The number of hydrogen-bond acceptors (Lipinski definition) is 4. The maximum absolute atomic E-state index is 6.12. The van der Waals surface area contributed by atoms with Crippen LogP contribution in [-0.2, 0) is 11.3 Å². The fourth-order valence-electron chi connectivity index (χ4n) is 2.66. The maximum Gasteiger partial charge on any atom is 0.191 e. The molecular formula is C18H24IN3O2S. The molecule has 0 bridgehead atoms. The van der Waals surface area contributed by atoms with Crippen LogP contribution in [0.1, 0.15) is 11.8 Å². The van der Waals surface area contributed by atoms with Crippen LogP contribution in [-0.4, -0.2) is 43.8 Å². The van der Waals surface area contributed by atoms with E-state index in [2.05, 4.69) is 41.1 Å². The quantitative estimate of drug-likeness (QED) is 0.419. The summed E-state index contributed by atoms with van der Waals surface area (Å²) in [6.07, 6.45) is 0.205. The van der Waals surface area contributed by atoms with E-state index in [9.17, 15) is 0 Å². The molecule has 25 heavy (non-hydrogen) atoms. The second-order valence-electron chi connectivity index (χ2n) is 5.80. The van der Waals surface area contributed by atoms with E-state index in [0.29, 0.717) is 19.1 Å². The second-order valence-corrected chi connectivity index (χ2v) is 6.96. The number of ether oxygens (including phenoxy) is 2. The predicted octanol–water partition coefficient (Wildman–Crippen LogP) is 3.58. The van der Waals surface area contributed by atoms with Gasteiger partial charge in [0.15, 0.2) is 5.96 Å². The van der Waals surface area contributed by atoms with Crippen molar-refractivity contribution >= 4 is 41.3 Å². The molecule has 1 aromatic heterocycles. The van der Waals surface area contributed by atoms with E-state index in [4.69, 9.17) is 15.2 Å². The van der Waals surface area contributed by atoms with E-state index >= 15 is 0 Å². The van der Waals surface area contributed by atoms with Gasteiger partial charge in [-0.25, -0.2) is 4.99 Å². The predicted molar refractivity (Wildman–Crippen MR) is 114 cm³/mol. The van der Waals surface area contributed by atoms with E-state index in [0.717, 1.165) is 18.8 Å². The average molecular weight is 473 g/mol. The third-order valence-electron chi connectivity index (χ3n) is 4.00. The first-order chi connectivity index (χ1) is 11.7. The van der Waals surface area contributed by atoms with Crippen LogP contribution in [0.5, 0.6) is 5.75 Å². The number of nitrogens with two attached hydrogens (primary N) is 1. The summed E-state index contributed by atoms with van der Waals surface area (Å²) in [4.78, 5) is 9.05. The summed E-state index contributed by atoms with van der Waals surface area (Å²) in [5, 5.41) is 0. The molecule has 0 saturated carbocycles. The highest BCUT2D eigenvalue weighted by Gasteiger charge is 2.17. The van der Waals surface area contributed by atoms with Crippen molar-refractivity contribution in [1.29, 1.82) is 0 Å². The molecule has 0 spiro atoms. The van der Waals surface area contributed by atoms with E-state index in [-0.39, 0.29) is 30.1 Å². The van der Waals surface area contributed by atoms with Crippen molar-refractivity contribution in [3.05, 3.63) is 41.3 Å². The average Bonchev–Trinajstić information content (AvgIpc) is 3.09. The van der Waals surface area contributed by atoms with Crippen LogP contribution in [0.2, 0.25) is 0 Å². The molecule has 5 nitrogen and oxygen atoms in total. The lowest BCUT2D eigenvalue weighted by atomic mass is 10.2. The summed E-state index contributed by atoms with van der Waals surface area (Å²) >= 11 is 1.74. The van der Waals surface area contributed by atoms with Gasteiger partial charge in [-0.05, 0) is 48.9 Å². The van der Waals surface area contributed by atoms with Crippen molar-refractivity contribution in [2.45, 2.75) is 19.6 Å². The molecule has 1 aromatic carbocycles. The number of methoxy groups -OCH3 is 1. The van der Waals surface area contributed by atoms with Gasteiger partial charge < -0.3 is 20.1 Å². The van der Waals surface area contributed by atoms with Gasteiger partial charge in [-0.1, -0.05) is 0 Å². The number of morpholine rings is 1. The summed E-state index contributed by atoms with van der Waals surface area (Å²) < 4.78 is 10.7. The molecule has 2 aromatic rings. The monoisotopic (exact) mass is 473 g/mol. The molecule has 2 heterocycles. The number of thiophene rings is 1. The molecule has 1 aliphatic heterocycles. The normalized spacial score (nSPS) is 17.9. The molecule has 7 heteroatoms. The number of hydrogen-bond donors (Lipinski definition) is 1. The number of rotatable bonds is 4. The highest BCUT2D eigenvalue weighted by Crippen LogP contribution is 2.29. The highest BCUT2D eigenvalue weighted by molar-refractivity contribution is 14.0. The molecule has 0 amide bonds. The molecule has 0 aliphatic carbocycles. The number of halogens is 1. The fraction of sp³-hybridized carbons (Fsp3) is 0.389. The van der Waals surface area contributed by atoms with Crippen LogP contribution in [0, 0.1) is 0 Å². The molecule has 1 aliphatic rings. The third kappa shape index (κ3) is 5.32. The molecule has 1 saturated heterocycles. The minimum absolute atomic E-state index is 0. The smallest absolute Gasteiger partial charge is 0.191 e. The van der Waals surface area contributed by atoms with Gasteiger partial charge in [0, 0.05) is 22.8 Å². The molecule has 1 unspecified atom stereocenters. The summed E-state index contributed by atoms with van der Waals surface area (Å²) in [5.41, 5.74) is 7.31. The van der Waals surface area contributed by atoms with E-state index < -0.39 is 0 Å². The molecular weight excluding hydrogens is 449 g/mol. The summed E-state index contributed by atoms with van der Waals surface area (Å²) in [7, 11) is 1.68. The van der Waals surface area contributed by atoms with Crippen molar-refractivity contribution in [3.63, 3.8) is 0 Å². The van der Waals surface area contributed by atoms with Crippen LogP contribution < -0.4 is 10.5 Å². The summed E-state index contributed by atoms with van der Waals surface area (Å²) in [5.74, 6) is 1.47. The first kappa shape index (κ1) is 20.0. The Morgan fingerprint density at radius 1 is 1.32 bits per heavy atom. The minimum atomic E-state index is 0. The fourth-order valence-corrected chi connectivity index (χ4v) is 3.60. The topological polar surface area (TPSA) is 60.1 Å². The van der Waals surface area contributed by atoms with E-state index in [1.54, 1.807) is 18.4 Å². The second kappa shape index (κ2) is 9.40. The Balaban J connectivity index is 0.00000225. The van der Waals surface area contributed by atoms with Gasteiger partial charge >= 0.3 is 0 Å². The minimum Gasteiger partial charge on any atom is -0.497 e. The Labute approximate surface area is 169 Å². The van der Waals surface area contributed by atoms with Gasteiger partial charge in [-0.15, -0.1) is 35.3 Å². The van der Waals surface area contributed by atoms with Crippen molar-refractivity contribution in [2.75, 3.05) is 26.8 Å². The van der Waals surface area contributed by atoms with Gasteiger partial charge in [-0.3, -0.25) is 0 Å². The Hall–Kier alpha value is -1.32.